The average molecular weight is 324 g/mol. The quantitative estimate of drug-likeness (QED) is 0.728. The van der Waals surface area contributed by atoms with E-state index < -0.39 is 0 Å². The molecule has 0 bridgehead atoms. The van der Waals surface area contributed by atoms with Gasteiger partial charge < -0.3 is 10.5 Å². The van der Waals surface area contributed by atoms with Crippen molar-refractivity contribution in [2.24, 2.45) is 0 Å². The number of rotatable bonds is 4. The van der Waals surface area contributed by atoms with Crippen molar-refractivity contribution in [3.63, 3.8) is 0 Å². The van der Waals surface area contributed by atoms with Crippen LogP contribution in [-0.4, -0.2) is 9.97 Å². The molecule has 0 saturated heterocycles. The van der Waals surface area contributed by atoms with Gasteiger partial charge >= 0.3 is 0 Å². The second-order valence-electron chi connectivity index (χ2n) is 4.78. The summed E-state index contributed by atoms with van der Waals surface area (Å²) in [6, 6.07) is 18.7. The van der Waals surface area contributed by atoms with E-state index in [1.54, 1.807) is 36.5 Å². The lowest BCUT2D eigenvalue weighted by atomic mass is 10.2. The molecular formula is C18H14ClN3O. The molecule has 1 heterocycles. The predicted molar refractivity (Wildman–Crippen MR) is 92.8 cm³/mol. The van der Waals surface area contributed by atoms with Gasteiger partial charge in [0.25, 0.3) is 0 Å². The summed E-state index contributed by atoms with van der Waals surface area (Å²) in [5.74, 6) is 1.43. The first-order valence-corrected chi connectivity index (χ1v) is 7.37. The predicted octanol–water partition coefficient (Wildman–Crippen LogP) is 4.29. The monoisotopic (exact) mass is 323 g/mol. The summed E-state index contributed by atoms with van der Waals surface area (Å²) in [4.78, 5) is 8.15. The van der Waals surface area contributed by atoms with Crippen LogP contribution in [0.2, 0.25) is 5.02 Å². The third-order valence-corrected chi connectivity index (χ3v) is 3.32. The number of nitrogens with two attached hydrogens (primary N) is 1. The number of ether oxygens (including phenoxy) is 1. The van der Waals surface area contributed by atoms with Crippen LogP contribution in [-0.2, 0) is 0 Å². The van der Waals surface area contributed by atoms with E-state index in [0.29, 0.717) is 22.2 Å². The van der Waals surface area contributed by atoms with E-state index in [1.165, 1.54) is 0 Å². The largest absolute Gasteiger partial charge is 0.455 e. The lowest BCUT2D eigenvalue weighted by molar-refractivity contribution is 0.515. The van der Waals surface area contributed by atoms with Crippen LogP contribution in [0.25, 0.3) is 11.8 Å². The zero-order valence-corrected chi connectivity index (χ0v) is 12.9. The fourth-order valence-corrected chi connectivity index (χ4v) is 2.12. The molecule has 0 radical (unpaired) electrons. The number of hydrogen-bond donors (Lipinski definition) is 1. The third kappa shape index (κ3) is 4.08. The van der Waals surface area contributed by atoms with E-state index >= 15 is 0 Å². The Morgan fingerprint density at radius 1 is 1.00 bits per heavy atom. The highest BCUT2D eigenvalue weighted by molar-refractivity contribution is 6.30. The molecular weight excluding hydrogens is 310 g/mol. The molecule has 2 aromatic carbocycles. The average Bonchev–Trinajstić information content (AvgIpc) is 2.57. The standard InChI is InChI=1S/C18H14ClN3O/c19-14-6-8-15(9-7-14)23-17(12-13-4-2-1-3-5-13)16-10-11-21-18(20)22-16/h1-12H,(H2,20,21,22). The molecule has 1 aromatic heterocycles. The summed E-state index contributed by atoms with van der Waals surface area (Å²) in [7, 11) is 0. The molecule has 0 spiro atoms. The van der Waals surface area contributed by atoms with Crippen LogP contribution in [0, 0.1) is 0 Å². The fraction of sp³-hybridized carbons (Fsp3) is 0. The first kappa shape index (κ1) is 15.1. The molecule has 2 N–H and O–H groups in total. The minimum atomic E-state index is 0.196. The van der Waals surface area contributed by atoms with E-state index in [9.17, 15) is 0 Å². The number of aromatic nitrogens is 2. The Bertz CT molecular complexity index is 817. The smallest absolute Gasteiger partial charge is 0.220 e. The SMILES string of the molecule is Nc1nccc(C(=Cc2ccccc2)Oc2ccc(Cl)cc2)n1. The maximum atomic E-state index is 5.97. The fourth-order valence-electron chi connectivity index (χ4n) is 2.00. The topological polar surface area (TPSA) is 61.0 Å². The van der Waals surface area contributed by atoms with Gasteiger partial charge in [-0.05, 0) is 42.0 Å². The van der Waals surface area contributed by atoms with Crippen molar-refractivity contribution in [2.45, 2.75) is 0 Å². The number of nitrogens with zero attached hydrogens (tertiary/aromatic N) is 2. The molecule has 0 fully saturated rings. The first-order valence-electron chi connectivity index (χ1n) is 7.00. The lowest BCUT2D eigenvalue weighted by Gasteiger charge is -2.10. The lowest BCUT2D eigenvalue weighted by Crippen LogP contribution is -2.02. The molecule has 0 aliphatic heterocycles. The Balaban J connectivity index is 1.99. The van der Waals surface area contributed by atoms with Crippen molar-refractivity contribution in [3.05, 3.63) is 83.1 Å². The second kappa shape index (κ2) is 6.94. The van der Waals surface area contributed by atoms with Gasteiger partial charge in [-0.15, -0.1) is 0 Å². The van der Waals surface area contributed by atoms with Gasteiger partial charge in [0.15, 0.2) is 5.76 Å². The van der Waals surface area contributed by atoms with Gasteiger partial charge in [-0.2, -0.15) is 0 Å². The Labute approximate surface area is 139 Å². The van der Waals surface area contributed by atoms with Crippen LogP contribution in [0.4, 0.5) is 5.95 Å². The molecule has 0 atom stereocenters. The molecule has 114 valence electrons. The Morgan fingerprint density at radius 2 is 1.74 bits per heavy atom. The summed E-state index contributed by atoms with van der Waals surface area (Å²) in [6.45, 7) is 0. The first-order chi connectivity index (χ1) is 11.2. The highest BCUT2D eigenvalue weighted by Crippen LogP contribution is 2.24. The zero-order chi connectivity index (χ0) is 16.1. The van der Waals surface area contributed by atoms with Crippen LogP contribution >= 0.6 is 11.6 Å². The number of benzene rings is 2. The van der Waals surface area contributed by atoms with E-state index in [4.69, 9.17) is 22.1 Å². The Kier molecular flexibility index (Phi) is 4.54. The zero-order valence-electron chi connectivity index (χ0n) is 12.2. The Hall–Kier alpha value is -2.85. The number of halogens is 1. The highest BCUT2D eigenvalue weighted by atomic mass is 35.5. The third-order valence-electron chi connectivity index (χ3n) is 3.07. The maximum Gasteiger partial charge on any atom is 0.220 e. The Morgan fingerprint density at radius 3 is 2.43 bits per heavy atom. The summed E-state index contributed by atoms with van der Waals surface area (Å²) < 4.78 is 5.97. The minimum Gasteiger partial charge on any atom is -0.455 e. The van der Waals surface area contributed by atoms with Gasteiger partial charge in [-0.25, -0.2) is 9.97 Å². The van der Waals surface area contributed by atoms with Crippen molar-refractivity contribution in [2.75, 3.05) is 5.73 Å². The molecule has 0 aliphatic carbocycles. The van der Waals surface area contributed by atoms with Gasteiger partial charge in [-0.1, -0.05) is 41.9 Å². The molecule has 23 heavy (non-hydrogen) atoms. The number of anilines is 1. The molecule has 0 amide bonds. The molecule has 5 heteroatoms. The maximum absolute atomic E-state index is 5.97. The number of hydrogen-bond acceptors (Lipinski definition) is 4. The van der Waals surface area contributed by atoms with Gasteiger partial charge in [0.2, 0.25) is 5.95 Å². The van der Waals surface area contributed by atoms with Crippen molar-refractivity contribution in [3.8, 4) is 5.75 Å². The van der Waals surface area contributed by atoms with Gasteiger partial charge in [-0.3, -0.25) is 0 Å². The molecule has 0 aliphatic rings. The van der Waals surface area contributed by atoms with Gasteiger partial charge in [0, 0.05) is 11.2 Å². The molecule has 3 rings (SSSR count). The second-order valence-corrected chi connectivity index (χ2v) is 5.21. The van der Waals surface area contributed by atoms with Crippen LogP contribution in [0.5, 0.6) is 5.75 Å². The van der Waals surface area contributed by atoms with Crippen LogP contribution in [0.3, 0.4) is 0 Å². The summed E-state index contributed by atoms with van der Waals surface area (Å²) >= 11 is 5.91. The number of nitrogen functional groups attached to an aromatic ring is 1. The highest BCUT2D eigenvalue weighted by Gasteiger charge is 2.08. The van der Waals surface area contributed by atoms with E-state index in [1.807, 2.05) is 36.4 Å². The molecule has 3 aromatic rings. The molecule has 4 nitrogen and oxygen atoms in total. The van der Waals surface area contributed by atoms with Crippen LogP contribution in [0.1, 0.15) is 11.3 Å². The summed E-state index contributed by atoms with van der Waals surface area (Å²) in [6.07, 6.45) is 3.50. The van der Waals surface area contributed by atoms with Gasteiger partial charge in [0.1, 0.15) is 11.4 Å². The normalized spacial score (nSPS) is 11.3. The van der Waals surface area contributed by atoms with Crippen molar-refractivity contribution >= 4 is 29.4 Å². The molecule has 0 unspecified atom stereocenters. The van der Waals surface area contributed by atoms with Crippen molar-refractivity contribution in [1.29, 1.82) is 0 Å². The summed E-state index contributed by atoms with van der Waals surface area (Å²) in [5, 5.41) is 0.650. The summed E-state index contributed by atoms with van der Waals surface area (Å²) in [5.41, 5.74) is 7.28. The van der Waals surface area contributed by atoms with E-state index in [0.717, 1.165) is 5.56 Å². The van der Waals surface area contributed by atoms with Crippen molar-refractivity contribution in [1.82, 2.24) is 9.97 Å². The minimum absolute atomic E-state index is 0.196. The van der Waals surface area contributed by atoms with E-state index in [2.05, 4.69) is 9.97 Å². The van der Waals surface area contributed by atoms with Gasteiger partial charge in [0.05, 0.1) is 0 Å². The van der Waals surface area contributed by atoms with Crippen LogP contribution in [0.15, 0.2) is 66.9 Å². The van der Waals surface area contributed by atoms with E-state index in [-0.39, 0.29) is 5.95 Å². The van der Waals surface area contributed by atoms with Crippen LogP contribution < -0.4 is 10.5 Å². The molecule has 0 saturated carbocycles. The van der Waals surface area contributed by atoms with Crippen molar-refractivity contribution < 1.29 is 4.74 Å².